The van der Waals surface area contributed by atoms with Gasteiger partial charge in [-0.2, -0.15) is 0 Å². The van der Waals surface area contributed by atoms with Gasteiger partial charge >= 0.3 is 6.09 Å². The van der Waals surface area contributed by atoms with Gasteiger partial charge in [0.05, 0.1) is 35.8 Å². The molecule has 1 aromatic heterocycles. The van der Waals surface area contributed by atoms with Crippen molar-refractivity contribution < 1.29 is 24.2 Å². The molecule has 248 valence electrons. The zero-order valence-corrected chi connectivity index (χ0v) is 27.1. The summed E-state index contributed by atoms with van der Waals surface area (Å²) in [5, 5.41) is 20.2. The maximum absolute atomic E-state index is 13.7. The highest BCUT2D eigenvalue weighted by Crippen LogP contribution is 2.14. The predicted octanol–water partition coefficient (Wildman–Crippen LogP) is 3.60. The normalized spacial score (nSPS) is 13.5. The lowest BCUT2D eigenvalue weighted by Gasteiger charge is -2.32. The van der Waals surface area contributed by atoms with Crippen molar-refractivity contribution in [3.8, 4) is 0 Å². The summed E-state index contributed by atoms with van der Waals surface area (Å²) in [5.41, 5.74) is 10.8. The third kappa shape index (κ3) is 11.8. The van der Waals surface area contributed by atoms with Crippen LogP contribution in [0.5, 0.6) is 0 Å². The molecule has 1 heterocycles. The monoisotopic (exact) mass is 640 g/mol. The Morgan fingerprint density at radius 2 is 1.53 bits per heavy atom. The van der Waals surface area contributed by atoms with Crippen LogP contribution >= 0.6 is 0 Å². The number of aliphatic hydroxyl groups excluding tert-OH is 1. The van der Waals surface area contributed by atoms with Gasteiger partial charge in [0.1, 0.15) is 5.60 Å². The number of fused-ring (bicyclic) bond motifs is 1. The molecule has 11 heteroatoms. The van der Waals surface area contributed by atoms with Crippen LogP contribution in [-0.4, -0.2) is 63.3 Å². The van der Waals surface area contributed by atoms with Gasteiger partial charge in [-0.05, 0) is 50.5 Å². The van der Waals surface area contributed by atoms with Crippen LogP contribution in [0.2, 0.25) is 0 Å². The van der Waals surface area contributed by atoms with E-state index in [9.17, 15) is 19.5 Å². The summed E-state index contributed by atoms with van der Waals surface area (Å²) in [6, 6.07) is 28.6. The quantitative estimate of drug-likeness (QED) is 0.123. The number of hydrogen-bond acceptors (Lipinski definition) is 8. The summed E-state index contributed by atoms with van der Waals surface area (Å²) in [6.07, 6.45) is -1.78. The standard InChI is InChI=1S/C36H44N6O5/c1-36(2,3)47-35(46)41-42(23-26-14-8-5-9-15-26)24-32(43)30(20-25-12-6-4-7-13-25)40-34(45)31(21-33(37)44)38-22-28-19-18-27-16-10-11-17-29(27)39-28/h4-19,30-32,38,43H,20-24H2,1-3H3,(H2,37,44)(H,40,45)(H,41,46)/t30-,31-,32-/m0/s1. The van der Waals surface area contributed by atoms with Gasteiger partial charge in [-0.3, -0.25) is 25.3 Å². The van der Waals surface area contributed by atoms with Crippen LogP contribution in [0.4, 0.5) is 4.79 Å². The van der Waals surface area contributed by atoms with Crippen LogP contribution < -0.4 is 21.8 Å². The van der Waals surface area contributed by atoms with Crippen molar-refractivity contribution >= 4 is 28.8 Å². The molecule has 3 atom stereocenters. The molecule has 0 radical (unpaired) electrons. The number of benzene rings is 3. The minimum absolute atomic E-state index is 0.0408. The Morgan fingerprint density at radius 3 is 2.19 bits per heavy atom. The van der Waals surface area contributed by atoms with Crippen molar-refractivity contribution in [1.29, 1.82) is 0 Å². The number of nitrogens with zero attached hydrogens (tertiary/aromatic N) is 2. The van der Waals surface area contributed by atoms with E-state index in [2.05, 4.69) is 21.0 Å². The molecule has 3 amide bonds. The van der Waals surface area contributed by atoms with Crippen molar-refractivity contribution in [2.75, 3.05) is 6.54 Å². The number of para-hydroxylation sites is 1. The van der Waals surface area contributed by atoms with Crippen LogP contribution in [0.3, 0.4) is 0 Å². The molecule has 0 fully saturated rings. The second-order valence-corrected chi connectivity index (χ2v) is 12.5. The third-order valence-corrected chi connectivity index (χ3v) is 7.27. The van der Waals surface area contributed by atoms with Gasteiger partial charge in [-0.1, -0.05) is 84.9 Å². The van der Waals surface area contributed by atoms with Gasteiger partial charge in [0.15, 0.2) is 0 Å². The van der Waals surface area contributed by atoms with Crippen molar-refractivity contribution in [3.63, 3.8) is 0 Å². The second-order valence-electron chi connectivity index (χ2n) is 12.5. The van der Waals surface area contributed by atoms with Crippen molar-refractivity contribution in [1.82, 2.24) is 26.1 Å². The number of primary amides is 1. The molecular weight excluding hydrogens is 596 g/mol. The number of carbonyl (C=O) groups excluding carboxylic acids is 3. The molecule has 0 aliphatic rings. The lowest BCUT2D eigenvalue weighted by molar-refractivity contribution is -0.128. The number of amides is 3. The average molecular weight is 641 g/mol. The molecule has 3 aromatic carbocycles. The van der Waals surface area contributed by atoms with Crippen LogP contribution in [0.25, 0.3) is 10.9 Å². The Balaban J connectivity index is 1.52. The Kier molecular flexibility index (Phi) is 12.4. The number of pyridine rings is 1. The minimum atomic E-state index is -1.14. The first-order valence-electron chi connectivity index (χ1n) is 15.6. The van der Waals surface area contributed by atoms with E-state index in [0.29, 0.717) is 5.69 Å². The highest BCUT2D eigenvalue weighted by atomic mass is 16.6. The molecule has 0 saturated heterocycles. The number of rotatable bonds is 15. The number of aliphatic hydroxyl groups is 1. The zero-order valence-electron chi connectivity index (χ0n) is 27.1. The van der Waals surface area contributed by atoms with Gasteiger partial charge in [0, 0.05) is 25.0 Å². The lowest BCUT2D eigenvalue weighted by atomic mass is 10.00. The van der Waals surface area contributed by atoms with Crippen molar-refractivity contribution in [2.45, 2.75) is 70.5 Å². The first-order valence-corrected chi connectivity index (χ1v) is 15.6. The summed E-state index contributed by atoms with van der Waals surface area (Å²) in [6.45, 7) is 5.74. The Labute approximate surface area is 275 Å². The van der Waals surface area contributed by atoms with E-state index in [1.165, 1.54) is 0 Å². The summed E-state index contributed by atoms with van der Waals surface area (Å²) in [4.78, 5) is 43.1. The molecule has 6 N–H and O–H groups in total. The fourth-order valence-corrected chi connectivity index (χ4v) is 5.06. The number of nitrogens with two attached hydrogens (primary N) is 1. The SMILES string of the molecule is CC(C)(C)OC(=O)NN(Cc1ccccc1)C[C@H](O)[C@H](Cc1ccccc1)NC(=O)[C@H](CC(N)=O)NCc1ccc2ccccc2n1. The Bertz CT molecular complexity index is 1610. The second kappa shape index (κ2) is 16.6. The average Bonchev–Trinajstić information content (AvgIpc) is 3.02. The Hall–Kier alpha value is -4.84. The van der Waals surface area contributed by atoms with Crippen LogP contribution in [-0.2, 0) is 33.8 Å². The van der Waals surface area contributed by atoms with E-state index in [4.69, 9.17) is 10.5 Å². The number of carbonyl (C=O) groups is 3. The van der Waals surface area contributed by atoms with E-state index in [-0.39, 0.29) is 32.5 Å². The maximum Gasteiger partial charge on any atom is 0.422 e. The molecule has 4 aromatic rings. The molecule has 47 heavy (non-hydrogen) atoms. The molecule has 0 spiro atoms. The fraction of sp³-hybridized carbons (Fsp3) is 0.333. The Morgan fingerprint density at radius 1 is 0.894 bits per heavy atom. The zero-order chi connectivity index (χ0) is 33.8. The predicted molar refractivity (Wildman–Crippen MR) is 180 cm³/mol. The lowest BCUT2D eigenvalue weighted by Crippen LogP contribution is -2.56. The summed E-state index contributed by atoms with van der Waals surface area (Å²) < 4.78 is 5.46. The van der Waals surface area contributed by atoms with Crippen LogP contribution in [0.1, 0.15) is 44.0 Å². The molecule has 0 unspecified atom stereocenters. The summed E-state index contributed by atoms with van der Waals surface area (Å²) in [7, 11) is 0. The molecule has 0 aliphatic heterocycles. The van der Waals surface area contributed by atoms with Crippen LogP contribution in [0, 0.1) is 0 Å². The number of ether oxygens (including phenoxy) is 1. The topological polar surface area (TPSA) is 159 Å². The van der Waals surface area contributed by atoms with E-state index in [0.717, 1.165) is 22.0 Å². The van der Waals surface area contributed by atoms with E-state index >= 15 is 0 Å². The van der Waals surface area contributed by atoms with Gasteiger partial charge in [-0.25, -0.2) is 9.80 Å². The largest absolute Gasteiger partial charge is 0.443 e. The molecule has 0 saturated carbocycles. The minimum Gasteiger partial charge on any atom is -0.443 e. The first-order chi connectivity index (χ1) is 22.4. The van der Waals surface area contributed by atoms with E-state index in [1.54, 1.807) is 25.8 Å². The number of nitrogens with one attached hydrogen (secondary N) is 3. The first kappa shape index (κ1) is 35.0. The molecule has 0 bridgehead atoms. The highest BCUT2D eigenvalue weighted by molar-refractivity contribution is 5.88. The van der Waals surface area contributed by atoms with Gasteiger partial charge in [0.25, 0.3) is 0 Å². The summed E-state index contributed by atoms with van der Waals surface area (Å²) >= 11 is 0. The van der Waals surface area contributed by atoms with Crippen LogP contribution in [0.15, 0.2) is 97.1 Å². The van der Waals surface area contributed by atoms with Gasteiger partial charge < -0.3 is 20.9 Å². The molecular formula is C36H44N6O5. The van der Waals surface area contributed by atoms with Gasteiger partial charge in [0.2, 0.25) is 11.8 Å². The van der Waals surface area contributed by atoms with E-state index < -0.39 is 41.7 Å². The van der Waals surface area contributed by atoms with Crippen molar-refractivity contribution in [2.24, 2.45) is 5.73 Å². The highest BCUT2D eigenvalue weighted by Gasteiger charge is 2.29. The summed E-state index contributed by atoms with van der Waals surface area (Å²) in [5.74, 6) is -1.15. The van der Waals surface area contributed by atoms with E-state index in [1.807, 2.05) is 97.1 Å². The van der Waals surface area contributed by atoms with Gasteiger partial charge in [-0.15, -0.1) is 0 Å². The molecule has 0 aliphatic carbocycles. The smallest absolute Gasteiger partial charge is 0.422 e. The third-order valence-electron chi connectivity index (χ3n) is 7.27. The fourth-order valence-electron chi connectivity index (χ4n) is 5.06. The molecule has 11 nitrogen and oxygen atoms in total. The number of hydrazine groups is 1. The number of aromatic nitrogens is 1. The number of hydrogen-bond donors (Lipinski definition) is 5. The van der Waals surface area contributed by atoms with Crippen molar-refractivity contribution in [3.05, 3.63) is 114 Å². The molecule has 4 rings (SSSR count). The maximum atomic E-state index is 13.7.